The van der Waals surface area contributed by atoms with E-state index in [0.29, 0.717) is 22.8 Å². The highest BCUT2D eigenvalue weighted by Gasteiger charge is 2.36. The van der Waals surface area contributed by atoms with Crippen molar-refractivity contribution >= 4 is 5.97 Å². The predicted octanol–water partition coefficient (Wildman–Crippen LogP) is 1.35. The number of benzene rings is 1. The van der Waals surface area contributed by atoms with Gasteiger partial charge in [-0.2, -0.15) is 0 Å². The molecule has 0 fully saturated rings. The van der Waals surface area contributed by atoms with E-state index >= 15 is 0 Å². The van der Waals surface area contributed by atoms with Gasteiger partial charge < -0.3 is 18.9 Å². The molecular formula is C12H14O5. The molecule has 0 spiro atoms. The second-order valence-corrected chi connectivity index (χ2v) is 3.60. The molecule has 0 aromatic heterocycles. The van der Waals surface area contributed by atoms with Crippen molar-refractivity contribution in [3.8, 4) is 17.2 Å². The maximum atomic E-state index is 11.6. The molecule has 1 aromatic rings. The number of rotatable bonds is 3. The van der Waals surface area contributed by atoms with Crippen LogP contribution in [0.4, 0.5) is 0 Å². The van der Waals surface area contributed by atoms with Crippen molar-refractivity contribution < 1.29 is 23.7 Å². The summed E-state index contributed by atoms with van der Waals surface area (Å²) in [5, 5.41) is 0. The summed E-state index contributed by atoms with van der Waals surface area (Å²) in [5.41, 5.74) is 0.693. The van der Waals surface area contributed by atoms with Gasteiger partial charge in [-0.3, -0.25) is 4.79 Å². The van der Waals surface area contributed by atoms with Crippen molar-refractivity contribution in [2.24, 2.45) is 0 Å². The molecule has 1 aliphatic heterocycles. The van der Waals surface area contributed by atoms with Crippen LogP contribution in [0.2, 0.25) is 0 Å². The Labute approximate surface area is 99.2 Å². The molecule has 5 heteroatoms. The first-order valence-electron chi connectivity index (χ1n) is 5.18. The van der Waals surface area contributed by atoms with Gasteiger partial charge in [-0.1, -0.05) is 0 Å². The molecule has 0 saturated carbocycles. The first-order chi connectivity index (χ1) is 8.22. The molecule has 17 heavy (non-hydrogen) atoms. The number of hydrogen-bond acceptors (Lipinski definition) is 5. The van der Waals surface area contributed by atoms with Crippen LogP contribution in [0.1, 0.15) is 11.5 Å². The average Bonchev–Trinajstić information content (AvgIpc) is 2.81. The van der Waals surface area contributed by atoms with E-state index in [-0.39, 0.29) is 12.6 Å². The summed E-state index contributed by atoms with van der Waals surface area (Å²) < 4.78 is 20.7. The van der Waals surface area contributed by atoms with Gasteiger partial charge in [0, 0.05) is 0 Å². The summed E-state index contributed by atoms with van der Waals surface area (Å²) in [6, 6.07) is 3.50. The lowest BCUT2D eigenvalue weighted by molar-refractivity contribution is -0.142. The highest BCUT2D eigenvalue weighted by Crippen LogP contribution is 2.46. The minimum absolute atomic E-state index is 0.249. The van der Waals surface area contributed by atoms with Gasteiger partial charge >= 0.3 is 5.97 Å². The molecule has 1 aliphatic rings. The fourth-order valence-electron chi connectivity index (χ4n) is 1.96. The van der Waals surface area contributed by atoms with E-state index < -0.39 is 5.92 Å². The maximum Gasteiger partial charge on any atom is 0.316 e. The van der Waals surface area contributed by atoms with Gasteiger partial charge in [-0.05, 0) is 12.1 Å². The summed E-state index contributed by atoms with van der Waals surface area (Å²) in [6.07, 6.45) is 0. The third-order valence-electron chi connectivity index (χ3n) is 2.79. The SMILES string of the molecule is COC(=O)C1COc2c(OC)ccc(OC)c21. The van der Waals surface area contributed by atoms with Crippen molar-refractivity contribution in [1.82, 2.24) is 0 Å². The number of carbonyl (C=O) groups is 1. The van der Waals surface area contributed by atoms with Crippen LogP contribution in [0.5, 0.6) is 17.2 Å². The topological polar surface area (TPSA) is 54.0 Å². The van der Waals surface area contributed by atoms with Crippen LogP contribution < -0.4 is 14.2 Å². The Morgan fingerprint density at radius 1 is 1.24 bits per heavy atom. The number of methoxy groups -OCH3 is 3. The van der Waals surface area contributed by atoms with E-state index in [9.17, 15) is 4.79 Å². The van der Waals surface area contributed by atoms with Gasteiger partial charge in [0.15, 0.2) is 11.5 Å². The molecule has 0 N–H and O–H groups in total. The van der Waals surface area contributed by atoms with E-state index in [1.54, 1.807) is 26.4 Å². The first kappa shape index (κ1) is 11.6. The normalized spacial score (nSPS) is 17.0. The van der Waals surface area contributed by atoms with Gasteiger partial charge in [0.05, 0.1) is 26.9 Å². The average molecular weight is 238 g/mol. The second-order valence-electron chi connectivity index (χ2n) is 3.60. The summed E-state index contributed by atoms with van der Waals surface area (Å²) in [4.78, 5) is 11.6. The van der Waals surface area contributed by atoms with Gasteiger partial charge in [0.2, 0.25) is 0 Å². The van der Waals surface area contributed by atoms with Crippen LogP contribution in [0.15, 0.2) is 12.1 Å². The van der Waals surface area contributed by atoms with Gasteiger partial charge in [-0.25, -0.2) is 0 Å². The molecule has 0 aliphatic carbocycles. The fourth-order valence-corrected chi connectivity index (χ4v) is 1.96. The van der Waals surface area contributed by atoms with E-state index in [1.165, 1.54) is 7.11 Å². The van der Waals surface area contributed by atoms with Crippen LogP contribution in [0.25, 0.3) is 0 Å². The van der Waals surface area contributed by atoms with Crippen molar-refractivity contribution in [2.75, 3.05) is 27.9 Å². The fraction of sp³-hybridized carbons (Fsp3) is 0.417. The van der Waals surface area contributed by atoms with Crippen LogP contribution in [-0.4, -0.2) is 33.9 Å². The lowest BCUT2D eigenvalue weighted by Gasteiger charge is -2.12. The lowest BCUT2D eigenvalue weighted by Crippen LogP contribution is -2.15. The molecule has 2 rings (SSSR count). The second kappa shape index (κ2) is 4.53. The Kier molecular flexibility index (Phi) is 3.08. The van der Waals surface area contributed by atoms with E-state index in [1.807, 2.05) is 0 Å². The lowest BCUT2D eigenvalue weighted by atomic mass is 10.00. The van der Waals surface area contributed by atoms with Crippen LogP contribution in [0, 0.1) is 0 Å². The Morgan fingerprint density at radius 3 is 2.47 bits per heavy atom. The minimum atomic E-state index is -0.458. The molecule has 1 aromatic carbocycles. The number of esters is 1. The zero-order valence-corrected chi connectivity index (χ0v) is 9.98. The van der Waals surface area contributed by atoms with Crippen molar-refractivity contribution in [3.63, 3.8) is 0 Å². The monoisotopic (exact) mass is 238 g/mol. The molecule has 1 atom stereocenters. The summed E-state index contributed by atoms with van der Waals surface area (Å²) in [7, 11) is 4.46. The van der Waals surface area contributed by atoms with E-state index in [2.05, 4.69) is 0 Å². The zero-order valence-electron chi connectivity index (χ0n) is 9.98. The highest BCUT2D eigenvalue weighted by atomic mass is 16.5. The summed E-state index contributed by atoms with van der Waals surface area (Å²) in [6.45, 7) is 0.249. The highest BCUT2D eigenvalue weighted by molar-refractivity contribution is 5.82. The molecule has 92 valence electrons. The standard InChI is InChI=1S/C12H14O5/c1-14-8-4-5-9(15-2)11-10(8)7(6-17-11)12(13)16-3/h4-5,7H,6H2,1-3H3. The minimum Gasteiger partial charge on any atom is -0.496 e. The molecule has 0 amide bonds. The van der Waals surface area contributed by atoms with Crippen molar-refractivity contribution in [1.29, 1.82) is 0 Å². The Hall–Kier alpha value is -1.91. The number of fused-ring (bicyclic) bond motifs is 1. The van der Waals surface area contributed by atoms with E-state index in [4.69, 9.17) is 18.9 Å². The summed E-state index contributed by atoms with van der Waals surface area (Å²) >= 11 is 0. The first-order valence-corrected chi connectivity index (χ1v) is 5.18. The zero-order chi connectivity index (χ0) is 12.4. The summed E-state index contributed by atoms with van der Waals surface area (Å²) in [5.74, 6) is 0.957. The smallest absolute Gasteiger partial charge is 0.316 e. The maximum absolute atomic E-state index is 11.6. The van der Waals surface area contributed by atoms with Gasteiger partial charge in [-0.15, -0.1) is 0 Å². The van der Waals surface area contributed by atoms with Crippen molar-refractivity contribution in [2.45, 2.75) is 5.92 Å². The Morgan fingerprint density at radius 2 is 1.88 bits per heavy atom. The number of hydrogen-bond donors (Lipinski definition) is 0. The van der Waals surface area contributed by atoms with Crippen LogP contribution >= 0.6 is 0 Å². The quantitative estimate of drug-likeness (QED) is 0.744. The molecule has 0 bridgehead atoms. The van der Waals surface area contributed by atoms with Crippen molar-refractivity contribution in [3.05, 3.63) is 17.7 Å². The molecule has 1 heterocycles. The van der Waals surface area contributed by atoms with Crippen LogP contribution in [-0.2, 0) is 9.53 Å². The van der Waals surface area contributed by atoms with Crippen LogP contribution in [0.3, 0.4) is 0 Å². The number of ether oxygens (including phenoxy) is 4. The molecular weight excluding hydrogens is 224 g/mol. The van der Waals surface area contributed by atoms with Gasteiger partial charge in [0.25, 0.3) is 0 Å². The molecule has 0 saturated heterocycles. The largest absolute Gasteiger partial charge is 0.496 e. The molecule has 0 radical (unpaired) electrons. The third-order valence-corrected chi connectivity index (χ3v) is 2.79. The Balaban J connectivity index is 2.51. The molecule has 5 nitrogen and oxygen atoms in total. The Bertz CT molecular complexity index is 441. The van der Waals surface area contributed by atoms with E-state index in [0.717, 1.165) is 0 Å². The predicted molar refractivity (Wildman–Crippen MR) is 59.8 cm³/mol. The third kappa shape index (κ3) is 1.77. The van der Waals surface area contributed by atoms with Gasteiger partial charge in [0.1, 0.15) is 18.3 Å². The molecule has 1 unspecified atom stereocenters. The number of carbonyl (C=O) groups excluding carboxylic acids is 1.